The van der Waals surface area contributed by atoms with Crippen molar-refractivity contribution in [3.8, 4) is 0 Å². The minimum atomic E-state index is -0.479. The van der Waals surface area contributed by atoms with E-state index in [2.05, 4.69) is 26.2 Å². The molecule has 6 nitrogen and oxygen atoms in total. The van der Waals surface area contributed by atoms with Gasteiger partial charge in [0.15, 0.2) is 18.1 Å². The van der Waals surface area contributed by atoms with E-state index in [9.17, 15) is 9.59 Å². The SMILES string of the molecule is O=C(COC(=O)CCc1nc2ccccc2o1)Nc1ccc(Br)cc1. The van der Waals surface area contributed by atoms with Crippen molar-refractivity contribution in [1.29, 1.82) is 0 Å². The van der Waals surface area contributed by atoms with Crippen LogP contribution in [0, 0.1) is 0 Å². The van der Waals surface area contributed by atoms with Crippen molar-refractivity contribution in [2.45, 2.75) is 12.8 Å². The smallest absolute Gasteiger partial charge is 0.306 e. The summed E-state index contributed by atoms with van der Waals surface area (Å²) in [6.45, 7) is -0.331. The lowest BCUT2D eigenvalue weighted by Crippen LogP contribution is -2.21. The van der Waals surface area contributed by atoms with E-state index in [1.807, 2.05) is 36.4 Å². The zero-order valence-corrected chi connectivity index (χ0v) is 14.8. The summed E-state index contributed by atoms with van der Waals surface area (Å²) in [4.78, 5) is 27.8. The number of nitrogens with one attached hydrogen (secondary N) is 1. The summed E-state index contributed by atoms with van der Waals surface area (Å²) in [6.07, 6.45) is 0.417. The van der Waals surface area contributed by atoms with Crippen LogP contribution in [-0.4, -0.2) is 23.5 Å². The third-order valence-corrected chi connectivity index (χ3v) is 3.90. The molecule has 0 aliphatic rings. The summed E-state index contributed by atoms with van der Waals surface area (Å²) in [5, 5.41) is 2.65. The molecule has 0 spiro atoms. The number of amides is 1. The van der Waals surface area contributed by atoms with E-state index in [1.165, 1.54) is 0 Å². The average molecular weight is 403 g/mol. The first-order chi connectivity index (χ1) is 12.1. The molecule has 3 aromatic rings. The molecule has 0 bridgehead atoms. The van der Waals surface area contributed by atoms with E-state index in [4.69, 9.17) is 9.15 Å². The first-order valence-corrected chi connectivity index (χ1v) is 8.45. The predicted molar refractivity (Wildman–Crippen MR) is 96.1 cm³/mol. The number of hydrogen-bond donors (Lipinski definition) is 1. The third kappa shape index (κ3) is 4.90. The van der Waals surface area contributed by atoms with Crippen LogP contribution in [0.4, 0.5) is 5.69 Å². The number of fused-ring (bicyclic) bond motifs is 1. The largest absolute Gasteiger partial charge is 0.456 e. The van der Waals surface area contributed by atoms with Crippen LogP contribution in [-0.2, 0) is 20.7 Å². The quantitative estimate of drug-likeness (QED) is 0.635. The lowest BCUT2D eigenvalue weighted by Gasteiger charge is -2.06. The molecule has 0 aliphatic heterocycles. The summed E-state index contributed by atoms with van der Waals surface area (Å²) >= 11 is 3.31. The van der Waals surface area contributed by atoms with Gasteiger partial charge in [0.05, 0.1) is 6.42 Å². The molecule has 1 aromatic heterocycles. The van der Waals surface area contributed by atoms with E-state index in [1.54, 1.807) is 12.1 Å². The Kier molecular flexibility index (Phi) is 5.45. The van der Waals surface area contributed by atoms with Gasteiger partial charge < -0.3 is 14.5 Å². The van der Waals surface area contributed by atoms with Crippen LogP contribution >= 0.6 is 15.9 Å². The lowest BCUT2D eigenvalue weighted by atomic mass is 10.3. The van der Waals surface area contributed by atoms with Gasteiger partial charge in [0.1, 0.15) is 5.52 Å². The van der Waals surface area contributed by atoms with Gasteiger partial charge in [-0.25, -0.2) is 4.98 Å². The van der Waals surface area contributed by atoms with Gasteiger partial charge in [-0.3, -0.25) is 9.59 Å². The van der Waals surface area contributed by atoms with Crippen molar-refractivity contribution in [2.75, 3.05) is 11.9 Å². The molecule has 1 N–H and O–H groups in total. The Bertz CT molecular complexity index is 856. The summed E-state index contributed by atoms with van der Waals surface area (Å²) < 4.78 is 11.4. The van der Waals surface area contributed by atoms with Crippen LogP contribution in [0.3, 0.4) is 0 Å². The number of aromatic nitrogens is 1. The fourth-order valence-electron chi connectivity index (χ4n) is 2.18. The maximum Gasteiger partial charge on any atom is 0.306 e. The van der Waals surface area contributed by atoms with Crippen LogP contribution in [0.5, 0.6) is 0 Å². The van der Waals surface area contributed by atoms with E-state index in [0.29, 0.717) is 23.6 Å². The maximum atomic E-state index is 11.8. The van der Waals surface area contributed by atoms with Crippen molar-refractivity contribution in [3.63, 3.8) is 0 Å². The molecule has 2 aromatic carbocycles. The molecule has 0 unspecified atom stereocenters. The number of para-hydroxylation sites is 2. The number of aryl methyl sites for hydroxylation is 1. The first kappa shape index (κ1) is 17.2. The molecular formula is C18H15BrN2O4. The van der Waals surface area contributed by atoms with E-state index >= 15 is 0 Å². The minimum absolute atomic E-state index is 0.0956. The van der Waals surface area contributed by atoms with Gasteiger partial charge in [0.2, 0.25) is 0 Å². The van der Waals surface area contributed by atoms with Gasteiger partial charge in [-0.2, -0.15) is 0 Å². The molecule has 7 heteroatoms. The summed E-state index contributed by atoms with van der Waals surface area (Å²) in [6, 6.07) is 14.5. The molecule has 3 rings (SSSR count). The van der Waals surface area contributed by atoms with Crippen LogP contribution in [0.1, 0.15) is 12.3 Å². The lowest BCUT2D eigenvalue weighted by molar-refractivity contribution is -0.147. The maximum absolute atomic E-state index is 11.8. The average Bonchev–Trinajstić information content (AvgIpc) is 3.03. The van der Waals surface area contributed by atoms with Crippen LogP contribution in [0.2, 0.25) is 0 Å². The molecule has 25 heavy (non-hydrogen) atoms. The molecule has 0 fully saturated rings. The molecule has 0 atom stereocenters. The number of carbonyl (C=O) groups excluding carboxylic acids is 2. The predicted octanol–water partition coefficient (Wildman–Crippen LogP) is 3.70. The Morgan fingerprint density at radius 2 is 1.88 bits per heavy atom. The van der Waals surface area contributed by atoms with Crippen molar-refractivity contribution in [2.24, 2.45) is 0 Å². The number of nitrogens with zero attached hydrogens (tertiary/aromatic N) is 1. The standard InChI is InChI=1S/C18H15BrN2O4/c19-12-5-7-13(8-6-12)20-16(22)11-24-18(23)10-9-17-21-14-3-1-2-4-15(14)25-17/h1-8H,9-11H2,(H,20,22). The highest BCUT2D eigenvalue weighted by Gasteiger charge is 2.11. The summed E-state index contributed by atoms with van der Waals surface area (Å²) in [5.41, 5.74) is 2.07. The highest BCUT2D eigenvalue weighted by Crippen LogP contribution is 2.16. The van der Waals surface area contributed by atoms with Crippen LogP contribution in [0.25, 0.3) is 11.1 Å². The summed E-state index contributed by atoms with van der Waals surface area (Å²) in [7, 11) is 0. The third-order valence-electron chi connectivity index (χ3n) is 3.37. The molecule has 0 aliphatic carbocycles. The normalized spacial score (nSPS) is 10.6. The zero-order valence-electron chi connectivity index (χ0n) is 13.2. The Hall–Kier alpha value is -2.67. The zero-order chi connectivity index (χ0) is 17.6. The second-order valence-electron chi connectivity index (χ2n) is 5.29. The van der Waals surface area contributed by atoms with Crippen LogP contribution < -0.4 is 5.32 Å². The van der Waals surface area contributed by atoms with Crippen molar-refractivity contribution in [1.82, 2.24) is 4.98 Å². The monoisotopic (exact) mass is 402 g/mol. The second kappa shape index (κ2) is 7.94. The molecule has 0 saturated carbocycles. The Morgan fingerprint density at radius 3 is 2.64 bits per heavy atom. The van der Waals surface area contributed by atoms with Crippen molar-refractivity contribution >= 4 is 44.6 Å². The number of rotatable bonds is 6. The molecule has 0 radical (unpaired) electrons. The number of benzene rings is 2. The first-order valence-electron chi connectivity index (χ1n) is 7.65. The van der Waals surface area contributed by atoms with Gasteiger partial charge in [0.25, 0.3) is 5.91 Å². The Balaban J connectivity index is 1.43. The molecule has 1 heterocycles. The Labute approximate surface area is 152 Å². The van der Waals surface area contributed by atoms with Gasteiger partial charge in [0, 0.05) is 16.6 Å². The second-order valence-corrected chi connectivity index (χ2v) is 6.21. The number of ether oxygens (including phenoxy) is 1. The number of halogens is 1. The Morgan fingerprint density at radius 1 is 1.12 bits per heavy atom. The van der Waals surface area contributed by atoms with Crippen molar-refractivity contribution in [3.05, 3.63) is 58.9 Å². The molecule has 0 saturated heterocycles. The number of hydrogen-bond acceptors (Lipinski definition) is 5. The highest BCUT2D eigenvalue weighted by molar-refractivity contribution is 9.10. The summed E-state index contributed by atoms with van der Waals surface area (Å²) in [5.74, 6) is -0.400. The van der Waals surface area contributed by atoms with Crippen molar-refractivity contribution < 1.29 is 18.7 Å². The number of anilines is 1. The van der Waals surface area contributed by atoms with E-state index in [-0.39, 0.29) is 13.0 Å². The fraction of sp³-hybridized carbons (Fsp3) is 0.167. The highest BCUT2D eigenvalue weighted by atomic mass is 79.9. The number of esters is 1. The van der Waals surface area contributed by atoms with E-state index < -0.39 is 11.9 Å². The molecular weight excluding hydrogens is 388 g/mol. The number of oxazole rings is 1. The van der Waals surface area contributed by atoms with E-state index in [0.717, 1.165) is 9.99 Å². The van der Waals surface area contributed by atoms with Gasteiger partial charge in [-0.15, -0.1) is 0 Å². The molecule has 1 amide bonds. The minimum Gasteiger partial charge on any atom is -0.456 e. The van der Waals surface area contributed by atoms with Gasteiger partial charge in [-0.05, 0) is 36.4 Å². The number of carbonyl (C=O) groups is 2. The van der Waals surface area contributed by atoms with Gasteiger partial charge in [-0.1, -0.05) is 28.1 Å². The molecule has 128 valence electrons. The topological polar surface area (TPSA) is 81.4 Å². The fourth-order valence-corrected chi connectivity index (χ4v) is 2.45. The van der Waals surface area contributed by atoms with Crippen LogP contribution in [0.15, 0.2) is 57.4 Å². The van der Waals surface area contributed by atoms with Gasteiger partial charge >= 0.3 is 5.97 Å².